The predicted molar refractivity (Wildman–Crippen MR) is 103 cm³/mol. The lowest BCUT2D eigenvalue weighted by Crippen LogP contribution is -2.13. The van der Waals surface area contributed by atoms with Gasteiger partial charge in [0.05, 0.1) is 37.1 Å². The van der Waals surface area contributed by atoms with Crippen LogP contribution in [0.15, 0.2) is 30.3 Å². The van der Waals surface area contributed by atoms with Crippen LogP contribution >= 0.6 is 11.3 Å². The van der Waals surface area contributed by atoms with Crippen LogP contribution in [0.2, 0.25) is 0 Å². The van der Waals surface area contributed by atoms with Crippen molar-refractivity contribution in [2.75, 3.05) is 26.6 Å². The molecule has 0 atom stereocenters. The Balaban J connectivity index is 1.93. The Labute approximate surface area is 155 Å². The first-order chi connectivity index (χ1) is 12.6. The topological polar surface area (TPSA) is 69.7 Å². The molecule has 7 heteroatoms. The SMILES string of the molecule is CCc1ccc2nc(NC(=O)c3ccc(OC)c(OC)c3OC)sc2c1. The molecule has 0 spiro atoms. The van der Waals surface area contributed by atoms with Crippen LogP contribution in [0.5, 0.6) is 17.2 Å². The van der Waals surface area contributed by atoms with Crippen molar-refractivity contribution in [1.29, 1.82) is 0 Å². The van der Waals surface area contributed by atoms with Crippen LogP contribution in [-0.4, -0.2) is 32.2 Å². The summed E-state index contributed by atoms with van der Waals surface area (Å²) in [5, 5.41) is 3.38. The highest BCUT2D eigenvalue weighted by Gasteiger charge is 2.21. The number of carbonyl (C=O) groups is 1. The number of fused-ring (bicyclic) bond motifs is 1. The maximum Gasteiger partial charge on any atom is 0.261 e. The summed E-state index contributed by atoms with van der Waals surface area (Å²) in [6.45, 7) is 2.11. The molecular weight excluding hydrogens is 352 g/mol. The van der Waals surface area contributed by atoms with Crippen molar-refractivity contribution in [3.63, 3.8) is 0 Å². The fourth-order valence-corrected chi connectivity index (χ4v) is 3.61. The summed E-state index contributed by atoms with van der Waals surface area (Å²) in [4.78, 5) is 17.2. The van der Waals surface area contributed by atoms with Gasteiger partial charge in [-0.1, -0.05) is 24.3 Å². The molecular formula is C19H20N2O4S. The Hall–Kier alpha value is -2.80. The van der Waals surface area contributed by atoms with Gasteiger partial charge in [-0.25, -0.2) is 4.98 Å². The minimum Gasteiger partial charge on any atom is -0.493 e. The summed E-state index contributed by atoms with van der Waals surface area (Å²) < 4.78 is 17.0. The number of carbonyl (C=O) groups excluding carboxylic acids is 1. The molecule has 3 aromatic rings. The predicted octanol–water partition coefficient (Wildman–Crippen LogP) is 4.14. The molecule has 0 radical (unpaired) electrons. The molecule has 0 fully saturated rings. The number of nitrogens with zero attached hydrogens (tertiary/aromatic N) is 1. The molecule has 3 rings (SSSR count). The molecule has 26 heavy (non-hydrogen) atoms. The van der Waals surface area contributed by atoms with Crippen molar-refractivity contribution >= 4 is 32.6 Å². The highest BCUT2D eigenvalue weighted by molar-refractivity contribution is 7.22. The van der Waals surface area contributed by atoms with Gasteiger partial charge in [0.2, 0.25) is 5.75 Å². The number of aryl methyl sites for hydroxylation is 1. The largest absolute Gasteiger partial charge is 0.493 e. The smallest absolute Gasteiger partial charge is 0.261 e. The van der Waals surface area contributed by atoms with E-state index in [9.17, 15) is 4.79 Å². The van der Waals surface area contributed by atoms with E-state index in [1.54, 1.807) is 12.1 Å². The van der Waals surface area contributed by atoms with Crippen molar-refractivity contribution in [2.45, 2.75) is 13.3 Å². The minimum absolute atomic E-state index is 0.318. The van der Waals surface area contributed by atoms with E-state index in [4.69, 9.17) is 14.2 Å². The average Bonchev–Trinajstić information content (AvgIpc) is 3.07. The first-order valence-electron chi connectivity index (χ1n) is 8.11. The van der Waals surface area contributed by atoms with Gasteiger partial charge in [-0.3, -0.25) is 10.1 Å². The van der Waals surface area contributed by atoms with E-state index >= 15 is 0 Å². The second-order valence-electron chi connectivity index (χ2n) is 5.51. The van der Waals surface area contributed by atoms with E-state index in [1.165, 1.54) is 38.2 Å². The van der Waals surface area contributed by atoms with E-state index in [0.717, 1.165) is 16.6 Å². The Morgan fingerprint density at radius 1 is 1.08 bits per heavy atom. The molecule has 6 nitrogen and oxygen atoms in total. The highest BCUT2D eigenvalue weighted by atomic mass is 32.1. The summed E-state index contributed by atoms with van der Waals surface area (Å²) >= 11 is 1.44. The number of nitrogens with one attached hydrogen (secondary N) is 1. The quantitative estimate of drug-likeness (QED) is 0.704. The van der Waals surface area contributed by atoms with Gasteiger partial charge in [0.15, 0.2) is 16.6 Å². The van der Waals surface area contributed by atoms with Crippen LogP contribution in [0.3, 0.4) is 0 Å². The number of benzene rings is 2. The maximum atomic E-state index is 12.7. The fraction of sp³-hybridized carbons (Fsp3) is 0.263. The van der Waals surface area contributed by atoms with Crippen molar-refractivity contribution in [2.24, 2.45) is 0 Å². The van der Waals surface area contributed by atoms with Crippen LogP contribution in [0.1, 0.15) is 22.8 Å². The molecule has 136 valence electrons. The second-order valence-corrected chi connectivity index (χ2v) is 6.54. The van der Waals surface area contributed by atoms with Gasteiger partial charge < -0.3 is 14.2 Å². The van der Waals surface area contributed by atoms with Crippen molar-refractivity contribution in [1.82, 2.24) is 4.98 Å². The van der Waals surface area contributed by atoms with Gasteiger partial charge in [0.25, 0.3) is 5.91 Å². The zero-order chi connectivity index (χ0) is 18.7. The van der Waals surface area contributed by atoms with Gasteiger partial charge in [-0.2, -0.15) is 0 Å². The molecule has 1 aromatic heterocycles. The van der Waals surface area contributed by atoms with E-state index in [1.807, 2.05) is 12.1 Å². The van der Waals surface area contributed by atoms with Crippen LogP contribution in [0.25, 0.3) is 10.2 Å². The monoisotopic (exact) mass is 372 g/mol. The zero-order valence-corrected chi connectivity index (χ0v) is 15.9. The van der Waals surface area contributed by atoms with Crippen LogP contribution in [0, 0.1) is 0 Å². The molecule has 0 aliphatic heterocycles. The van der Waals surface area contributed by atoms with Crippen LogP contribution < -0.4 is 19.5 Å². The van der Waals surface area contributed by atoms with Gasteiger partial charge in [0, 0.05) is 0 Å². The number of methoxy groups -OCH3 is 3. The summed E-state index contributed by atoms with van der Waals surface area (Å²) in [6.07, 6.45) is 0.957. The third-order valence-corrected chi connectivity index (χ3v) is 4.96. The number of hydrogen-bond acceptors (Lipinski definition) is 6. The first-order valence-corrected chi connectivity index (χ1v) is 8.92. The van der Waals surface area contributed by atoms with Gasteiger partial charge >= 0.3 is 0 Å². The third kappa shape index (κ3) is 3.30. The molecule has 0 aliphatic rings. The van der Waals surface area contributed by atoms with Gasteiger partial charge in [-0.15, -0.1) is 0 Å². The van der Waals surface area contributed by atoms with Crippen LogP contribution in [-0.2, 0) is 6.42 Å². The average molecular weight is 372 g/mol. The number of thiazole rings is 1. The maximum absolute atomic E-state index is 12.7. The van der Waals surface area contributed by atoms with Crippen molar-refractivity contribution in [3.05, 3.63) is 41.5 Å². The van der Waals surface area contributed by atoms with E-state index in [2.05, 4.69) is 23.3 Å². The standard InChI is InChI=1S/C19H20N2O4S/c1-5-11-6-8-13-15(10-11)26-19(20-13)21-18(22)12-7-9-14(23-2)17(25-4)16(12)24-3/h6-10H,5H2,1-4H3,(H,20,21,22). The second kappa shape index (κ2) is 7.61. The summed E-state index contributed by atoms with van der Waals surface area (Å²) in [7, 11) is 4.52. The van der Waals surface area contributed by atoms with Gasteiger partial charge in [-0.05, 0) is 36.2 Å². The summed E-state index contributed by atoms with van der Waals surface area (Å²) in [5.74, 6) is 0.865. The Bertz CT molecular complexity index is 952. The van der Waals surface area contributed by atoms with Crippen LogP contribution in [0.4, 0.5) is 5.13 Å². The molecule has 0 bridgehead atoms. The molecule has 1 heterocycles. The Kier molecular flexibility index (Phi) is 5.27. The van der Waals surface area contributed by atoms with Gasteiger partial charge in [0.1, 0.15) is 0 Å². The zero-order valence-electron chi connectivity index (χ0n) is 15.1. The first kappa shape index (κ1) is 18.0. The molecule has 1 N–H and O–H groups in total. The molecule has 2 aromatic carbocycles. The fourth-order valence-electron chi connectivity index (χ4n) is 2.69. The van der Waals surface area contributed by atoms with E-state index < -0.39 is 0 Å². The number of ether oxygens (including phenoxy) is 3. The Morgan fingerprint density at radius 3 is 2.50 bits per heavy atom. The summed E-state index contributed by atoms with van der Waals surface area (Å²) in [5.41, 5.74) is 2.45. The number of hydrogen-bond donors (Lipinski definition) is 1. The number of aromatic nitrogens is 1. The molecule has 0 aliphatic carbocycles. The lowest BCUT2D eigenvalue weighted by atomic mass is 10.1. The number of amides is 1. The molecule has 0 saturated carbocycles. The molecule has 0 saturated heterocycles. The Morgan fingerprint density at radius 2 is 1.85 bits per heavy atom. The number of anilines is 1. The minimum atomic E-state index is -0.322. The number of rotatable bonds is 6. The summed E-state index contributed by atoms with van der Waals surface area (Å²) in [6, 6.07) is 9.42. The lowest BCUT2D eigenvalue weighted by molar-refractivity contribution is 0.102. The highest BCUT2D eigenvalue weighted by Crippen LogP contribution is 2.40. The molecule has 0 unspecified atom stereocenters. The van der Waals surface area contributed by atoms with E-state index in [0.29, 0.717) is 27.9 Å². The van der Waals surface area contributed by atoms with E-state index in [-0.39, 0.29) is 5.91 Å². The molecule has 1 amide bonds. The van der Waals surface area contributed by atoms with Crippen molar-refractivity contribution in [3.8, 4) is 17.2 Å². The normalized spacial score (nSPS) is 10.6. The third-order valence-electron chi connectivity index (χ3n) is 4.03. The lowest BCUT2D eigenvalue weighted by Gasteiger charge is -2.15. The van der Waals surface area contributed by atoms with Crippen molar-refractivity contribution < 1.29 is 19.0 Å².